The summed E-state index contributed by atoms with van der Waals surface area (Å²) in [5.41, 5.74) is 2.82. The maximum atomic E-state index is 14.7. The second-order valence-electron chi connectivity index (χ2n) is 6.83. The summed E-state index contributed by atoms with van der Waals surface area (Å²) in [6.07, 6.45) is 3.62. The van der Waals surface area contributed by atoms with Crippen LogP contribution >= 0.6 is 0 Å². The van der Waals surface area contributed by atoms with Crippen LogP contribution in [0.2, 0.25) is 0 Å². The van der Waals surface area contributed by atoms with Gasteiger partial charge in [0.1, 0.15) is 17.5 Å². The van der Waals surface area contributed by atoms with Crippen LogP contribution in [0.3, 0.4) is 0 Å². The fourth-order valence-corrected chi connectivity index (χ4v) is 3.36. The molecular formula is C24H23F3. The number of benzene rings is 3. The minimum Gasteiger partial charge on any atom is -0.206 e. The molecule has 140 valence electrons. The zero-order chi connectivity index (χ0) is 19.4. The third-order valence-corrected chi connectivity index (χ3v) is 4.71. The van der Waals surface area contributed by atoms with Crippen LogP contribution in [0.1, 0.15) is 37.8 Å². The minimum absolute atomic E-state index is 0.0466. The fourth-order valence-electron chi connectivity index (χ4n) is 3.36. The molecule has 0 aliphatic heterocycles. The quantitative estimate of drug-likeness (QED) is 0.427. The number of halogens is 3. The van der Waals surface area contributed by atoms with E-state index in [0.29, 0.717) is 5.56 Å². The SMILES string of the molecule is CCCc1ccc(-c2cc(F)c(-c3ccc(CCC)cc3F)c(F)c2)cc1. The highest BCUT2D eigenvalue weighted by atomic mass is 19.1. The molecule has 0 saturated heterocycles. The molecule has 0 bridgehead atoms. The maximum absolute atomic E-state index is 14.7. The Hall–Kier alpha value is -2.55. The Morgan fingerprint density at radius 2 is 1.15 bits per heavy atom. The predicted octanol–water partition coefficient (Wildman–Crippen LogP) is 7.34. The van der Waals surface area contributed by atoms with Crippen LogP contribution < -0.4 is 0 Å². The van der Waals surface area contributed by atoms with Gasteiger partial charge in [-0.25, -0.2) is 13.2 Å². The van der Waals surface area contributed by atoms with Gasteiger partial charge in [-0.1, -0.05) is 63.1 Å². The molecule has 3 aromatic carbocycles. The smallest absolute Gasteiger partial charge is 0.134 e. The third kappa shape index (κ3) is 4.24. The summed E-state index contributed by atoms with van der Waals surface area (Å²) in [6.45, 7) is 4.10. The van der Waals surface area contributed by atoms with Gasteiger partial charge >= 0.3 is 0 Å². The average Bonchev–Trinajstić information content (AvgIpc) is 2.64. The van der Waals surface area contributed by atoms with Crippen LogP contribution in [-0.2, 0) is 12.8 Å². The Morgan fingerprint density at radius 1 is 0.593 bits per heavy atom. The van der Waals surface area contributed by atoms with Crippen LogP contribution in [0.25, 0.3) is 22.3 Å². The molecule has 0 atom stereocenters. The lowest BCUT2D eigenvalue weighted by molar-refractivity contribution is 0.582. The average molecular weight is 368 g/mol. The van der Waals surface area contributed by atoms with Gasteiger partial charge in [-0.3, -0.25) is 0 Å². The van der Waals surface area contributed by atoms with E-state index >= 15 is 0 Å². The zero-order valence-electron chi connectivity index (χ0n) is 15.7. The number of hydrogen-bond acceptors (Lipinski definition) is 0. The molecular weight excluding hydrogens is 345 g/mol. The first-order chi connectivity index (χ1) is 13.0. The van der Waals surface area contributed by atoms with E-state index in [2.05, 4.69) is 6.92 Å². The molecule has 0 nitrogen and oxygen atoms in total. The van der Waals surface area contributed by atoms with Gasteiger partial charge in [0.2, 0.25) is 0 Å². The van der Waals surface area contributed by atoms with Crippen molar-refractivity contribution in [1.82, 2.24) is 0 Å². The summed E-state index contributed by atoms with van der Waals surface area (Å²) in [5.74, 6) is -2.12. The van der Waals surface area contributed by atoms with Crippen molar-refractivity contribution in [3.05, 3.63) is 83.2 Å². The minimum atomic E-state index is -0.759. The molecule has 27 heavy (non-hydrogen) atoms. The topological polar surface area (TPSA) is 0 Å². The molecule has 0 fully saturated rings. The van der Waals surface area contributed by atoms with Gasteiger partial charge in [-0.2, -0.15) is 0 Å². The highest BCUT2D eigenvalue weighted by molar-refractivity contribution is 5.72. The lowest BCUT2D eigenvalue weighted by Gasteiger charge is -2.11. The Balaban J connectivity index is 1.98. The van der Waals surface area contributed by atoms with Crippen molar-refractivity contribution < 1.29 is 13.2 Å². The van der Waals surface area contributed by atoms with E-state index in [-0.39, 0.29) is 11.1 Å². The zero-order valence-corrected chi connectivity index (χ0v) is 15.7. The molecule has 3 heteroatoms. The Bertz CT molecular complexity index is 904. The van der Waals surface area contributed by atoms with E-state index in [1.165, 1.54) is 29.8 Å². The van der Waals surface area contributed by atoms with Crippen molar-refractivity contribution in [3.63, 3.8) is 0 Å². The van der Waals surface area contributed by atoms with E-state index in [9.17, 15) is 13.2 Å². The fraction of sp³-hybridized carbons (Fsp3) is 0.250. The maximum Gasteiger partial charge on any atom is 0.134 e. The molecule has 3 aromatic rings. The summed E-state index contributed by atoms with van der Waals surface area (Å²) in [5, 5.41) is 0. The van der Waals surface area contributed by atoms with Gasteiger partial charge in [0.05, 0.1) is 5.56 Å². The molecule has 0 heterocycles. The third-order valence-electron chi connectivity index (χ3n) is 4.71. The Kier molecular flexibility index (Phi) is 6.00. The van der Waals surface area contributed by atoms with Crippen LogP contribution in [0.5, 0.6) is 0 Å². The molecule has 0 aliphatic carbocycles. The number of aryl methyl sites for hydroxylation is 2. The molecule has 3 rings (SSSR count). The molecule has 0 spiro atoms. The van der Waals surface area contributed by atoms with Crippen molar-refractivity contribution in [2.24, 2.45) is 0 Å². The van der Waals surface area contributed by atoms with E-state index in [4.69, 9.17) is 0 Å². The van der Waals surface area contributed by atoms with Crippen LogP contribution in [-0.4, -0.2) is 0 Å². The normalized spacial score (nSPS) is 11.0. The van der Waals surface area contributed by atoms with E-state index < -0.39 is 17.5 Å². The van der Waals surface area contributed by atoms with Gasteiger partial charge in [-0.05, 0) is 53.3 Å². The van der Waals surface area contributed by atoms with Crippen LogP contribution in [0, 0.1) is 17.5 Å². The molecule has 0 aliphatic rings. The highest BCUT2D eigenvalue weighted by Crippen LogP contribution is 2.33. The van der Waals surface area contributed by atoms with Crippen molar-refractivity contribution in [2.45, 2.75) is 39.5 Å². The second kappa shape index (κ2) is 8.43. The van der Waals surface area contributed by atoms with Gasteiger partial charge in [-0.15, -0.1) is 0 Å². The van der Waals surface area contributed by atoms with E-state index in [0.717, 1.165) is 36.8 Å². The first-order valence-corrected chi connectivity index (χ1v) is 9.40. The summed E-state index contributed by atoms with van der Waals surface area (Å²) >= 11 is 0. The second-order valence-corrected chi connectivity index (χ2v) is 6.83. The van der Waals surface area contributed by atoms with Crippen molar-refractivity contribution in [3.8, 4) is 22.3 Å². The Morgan fingerprint density at radius 3 is 1.70 bits per heavy atom. The van der Waals surface area contributed by atoms with Crippen LogP contribution in [0.4, 0.5) is 13.2 Å². The summed E-state index contributed by atoms with van der Waals surface area (Å²) in [4.78, 5) is 0. The summed E-state index contributed by atoms with van der Waals surface area (Å²) in [6, 6.07) is 14.7. The monoisotopic (exact) mass is 368 g/mol. The Labute approximate surface area is 158 Å². The predicted molar refractivity (Wildman–Crippen MR) is 105 cm³/mol. The van der Waals surface area contributed by atoms with E-state index in [1.807, 2.05) is 31.2 Å². The van der Waals surface area contributed by atoms with E-state index in [1.54, 1.807) is 6.07 Å². The summed E-state index contributed by atoms with van der Waals surface area (Å²) < 4.78 is 43.8. The lowest BCUT2D eigenvalue weighted by atomic mass is 9.96. The van der Waals surface area contributed by atoms with Gasteiger partial charge in [0.25, 0.3) is 0 Å². The van der Waals surface area contributed by atoms with Crippen LogP contribution in [0.15, 0.2) is 54.6 Å². The number of rotatable bonds is 6. The standard InChI is InChI=1S/C24H23F3/c1-3-5-16-7-10-18(11-8-16)19-14-22(26)24(23(27)15-19)20-12-9-17(6-4-2)13-21(20)25/h7-15H,3-6H2,1-2H3. The molecule has 0 radical (unpaired) electrons. The van der Waals surface area contributed by atoms with Crippen molar-refractivity contribution in [2.75, 3.05) is 0 Å². The molecule has 0 aromatic heterocycles. The highest BCUT2D eigenvalue weighted by Gasteiger charge is 2.17. The largest absolute Gasteiger partial charge is 0.206 e. The van der Waals surface area contributed by atoms with Crippen molar-refractivity contribution in [1.29, 1.82) is 0 Å². The molecule has 0 amide bonds. The summed E-state index contributed by atoms with van der Waals surface area (Å²) in [7, 11) is 0. The molecule has 0 saturated carbocycles. The van der Waals surface area contributed by atoms with Gasteiger partial charge in [0.15, 0.2) is 0 Å². The lowest BCUT2D eigenvalue weighted by Crippen LogP contribution is -1.96. The van der Waals surface area contributed by atoms with Gasteiger partial charge < -0.3 is 0 Å². The molecule has 0 N–H and O–H groups in total. The van der Waals surface area contributed by atoms with Gasteiger partial charge in [0, 0.05) is 5.56 Å². The molecule has 0 unspecified atom stereocenters. The number of hydrogen-bond donors (Lipinski definition) is 0. The van der Waals surface area contributed by atoms with Crippen molar-refractivity contribution >= 4 is 0 Å². The first-order valence-electron chi connectivity index (χ1n) is 9.40. The first kappa shape index (κ1) is 19.2.